The first-order valence-electron chi connectivity index (χ1n) is 9.63. The van der Waals surface area contributed by atoms with Gasteiger partial charge in [0.1, 0.15) is 12.0 Å². The molecule has 0 radical (unpaired) electrons. The summed E-state index contributed by atoms with van der Waals surface area (Å²) in [5.74, 6) is 0.651. The van der Waals surface area contributed by atoms with Crippen LogP contribution in [-0.2, 0) is 29.2 Å². The zero-order valence-electron chi connectivity index (χ0n) is 17.4. The summed E-state index contributed by atoms with van der Waals surface area (Å²) < 4.78 is 33.3. The summed E-state index contributed by atoms with van der Waals surface area (Å²) in [6, 6.07) is 1.57. The lowest BCUT2D eigenvalue weighted by atomic mass is 10.1. The highest BCUT2D eigenvalue weighted by Crippen LogP contribution is 2.14. The van der Waals surface area contributed by atoms with Crippen molar-refractivity contribution in [3.63, 3.8) is 0 Å². The fourth-order valence-corrected chi connectivity index (χ4v) is 5.00. The average Bonchev–Trinajstić information content (AvgIpc) is 3.28. The van der Waals surface area contributed by atoms with Gasteiger partial charge in [-0.3, -0.25) is 9.67 Å². The monoisotopic (exact) mass is 423 g/mol. The van der Waals surface area contributed by atoms with Crippen LogP contribution in [0.1, 0.15) is 22.6 Å². The van der Waals surface area contributed by atoms with E-state index in [1.54, 1.807) is 13.1 Å². The molecule has 0 atom stereocenters. The van der Waals surface area contributed by atoms with Crippen LogP contribution in [0, 0.1) is 13.8 Å². The molecule has 0 saturated carbocycles. The molecular weight excluding hydrogens is 394 g/mol. The summed E-state index contributed by atoms with van der Waals surface area (Å²) in [5, 5.41) is 11.5. The summed E-state index contributed by atoms with van der Waals surface area (Å²) in [6.07, 6.45) is 2.24. The van der Waals surface area contributed by atoms with Crippen LogP contribution in [0.3, 0.4) is 0 Å². The summed E-state index contributed by atoms with van der Waals surface area (Å²) in [4.78, 5) is 6.45. The van der Waals surface area contributed by atoms with Crippen molar-refractivity contribution in [2.75, 3.05) is 39.8 Å². The van der Waals surface area contributed by atoms with Crippen molar-refractivity contribution in [1.82, 2.24) is 29.5 Å². The minimum atomic E-state index is -3.41. The van der Waals surface area contributed by atoms with Crippen LogP contribution < -0.4 is 5.32 Å². The molecule has 0 aromatic carbocycles. The van der Waals surface area contributed by atoms with Crippen molar-refractivity contribution in [2.24, 2.45) is 12.0 Å². The van der Waals surface area contributed by atoms with Crippen molar-refractivity contribution in [2.45, 2.75) is 26.0 Å². The molecule has 160 valence electrons. The normalized spacial score (nSPS) is 16.4. The summed E-state index contributed by atoms with van der Waals surface area (Å²) >= 11 is 0. The van der Waals surface area contributed by atoms with Crippen molar-refractivity contribution in [3.05, 3.63) is 35.0 Å². The summed E-state index contributed by atoms with van der Waals surface area (Å²) in [6.45, 7) is 6.85. The van der Waals surface area contributed by atoms with Crippen LogP contribution in [0.2, 0.25) is 0 Å². The number of hydrogen-bond donors (Lipinski definition) is 1. The maximum absolute atomic E-state index is 12.6. The minimum Gasteiger partial charge on any atom is -0.364 e. The first-order chi connectivity index (χ1) is 13.8. The van der Waals surface area contributed by atoms with E-state index in [0.29, 0.717) is 31.9 Å². The smallest absolute Gasteiger partial charge is 0.220 e. The standard InChI is InChI=1S/C18H29N7O3S/c1-14-17(15(2)23(4)21-14)5-7-20-18(19-3)24-8-10-25(11-9-24)29(26,27)13-16-6-12-28-22-16/h6,12H,5,7-11,13H2,1-4H3,(H,19,20). The molecule has 3 rings (SSSR count). The van der Waals surface area contributed by atoms with E-state index in [0.717, 1.165) is 24.6 Å². The Morgan fingerprint density at radius 3 is 2.55 bits per heavy atom. The number of hydrogen-bond acceptors (Lipinski definition) is 6. The first kappa shape index (κ1) is 21.3. The average molecular weight is 424 g/mol. The molecule has 10 nitrogen and oxygen atoms in total. The van der Waals surface area contributed by atoms with Gasteiger partial charge < -0.3 is 14.7 Å². The number of aliphatic imine (C=N–C) groups is 1. The number of nitrogens with zero attached hydrogens (tertiary/aromatic N) is 6. The van der Waals surface area contributed by atoms with Gasteiger partial charge in [-0.05, 0) is 25.8 Å². The molecule has 0 unspecified atom stereocenters. The highest BCUT2D eigenvalue weighted by Gasteiger charge is 2.29. The fraction of sp³-hybridized carbons (Fsp3) is 0.611. The third-order valence-electron chi connectivity index (χ3n) is 5.28. The lowest BCUT2D eigenvalue weighted by molar-refractivity contribution is 0.260. The molecule has 1 N–H and O–H groups in total. The Kier molecular flexibility index (Phi) is 6.58. The Bertz CT molecular complexity index is 943. The third-order valence-corrected chi connectivity index (χ3v) is 7.09. The molecule has 3 heterocycles. The predicted molar refractivity (Wildman–Crippen MR) is 110 cm³/mol. The fourth-order valence-electron chi connectivity index (χ4n) is 3.58. The van der Waals surface area contributed by atoms with Crippen molar-refractivity contribution < 1.29 is 12.9 Å². The Balaban J connectivity index is 1.51. The van der Waals surface area contributed by atoms with E-state index in [2.05, 4.69) is 32.4 Å². The van der Waals surface area contributed by atoms with Gasteiger partial charge in [0.15, 0.2) is 5.96 Å². The van der Waals surface area contributed by atoms with Crippen LogP contribution in [0.4, 0.5) is 0 Å². The molecular formula is C18H29N7O3S. The van der Waals surface area contributed by atoms with Gasteiger partial charge in [0.05, 0.1) is 11.4 Å². The summed E-state index contributed by atoms with van der Waals surface area (Å²) in [7, 11) is 0.292. The molecule has 2 aromatic heterocycles. The largest absolute Gasteiger partial charge is 0.364 e. The Hall–Kier alpha value is -2.40. The number of aryl methyl sites for hydroxylation is 2. The van der Waals surface area contributed by atoms with Gasteiger partial charge >= 0.3 is 0 Å². The number of aromatic nitrogens is 3. The Labute approximate surface area is 171 Å². The van der Waals surface area contributed by atoms with Gasteiger partial charge in [-0.2, -0.15) is 9.40 Å². The molecule has 0 aliphatic carbocycles. The molecule has 0 amide bonds. The van der Waals surface area contributed by atoms with Gasteiger partial charge in [-0.1, -0.05) is 5.16 Å². The first-order valence-corrected chi connectivity index (χ1v) is 11.2. The van der Waals surface area contributed by atoms with E-state index in [-0.39, 0.29) is 5.75 Å². The minimum absolute atomic E-state index is 0.139. The molecule has 1 aliphatic heterocycles. The molecule has 0 spiro atoms. The van der Waals surface area contributed by atoms with E-state index in [9.17, 15) is 8.42 Å². The predicted octanol–water partition coefficient (Wildman–Crippen LogP) is 0.290. The van der Waals surface area contributed by atoms with Crippen LogP contribution >= 0.6 is 0 Å². The van der Waals surface area contributed by atoms with E-state index >= 15 is 0 Å². The van der Waals surface area contributed by atoms with Gasteiger partial charge in [-0.15, -0.1) is 0 Å². The second kappa shape index (κ2) is 8.95. The Morgan fingerprint density at radius 1 is 1.28 bits per heavy atom. The van der Waals surface area contributed by atoms with E-state index < -0.39 is 10.0 Å². The maximum Gasteiger partial charge on any atom is 0.220 e. The highest BCUT2D eigenvalue weighted by atomic mass is 32.2. The molecule has 0 bridgehead atoms. The number of rotatable bonds is 6. The number of piperazine rings is 1. The van der Waals surface area contributed by atoms with E-state index in [1.165, 1.54) is 21.8 Å². The molecule has 29 heavy (non-hydrogen) atoms. The summed E-state index contributed by atoms with van der Waals surface area (Å²) in [5.41, 5.74) is 3.89. The molecule has 1 saturated heterocycles. The second-order valence-corrected chi connectivity index (χ2v) is 9.10. The molecule has 11 heteroatoms. The number of guanidine groups is 1. The third kappa shape index (κ3) is 4.96. The Morgan fingerprint density at radius 2 is 2.00 bits per heavy atom. The van der Waals surface area contributed by atoms with Crippen molar-refractivity contribution in [1.29, 1.82) is 0 Å². The quantitative estimate of drug-likeness (QED) is 0.525. The highest BCUT2D eigenvalue weighted by molar-refractivity contribution is 7.88. The molecule has 2 aromatic rings. The van der Waals surface area contributed by atoms with Crippen LogP contribution in [0.15, 0.2) is 21.8 Å². The van der Waals surface area contributed by atoms with Gasteiger partial charge in [0, 0.05) is 58.6 Å². The van der Waals surface area contributed by atoms with Crippen molar-refractivity contribution in [3.8, 4) is 0 Å². The lowest BCUT2D eigenvalue weighted by Gasteiger charge is -2.35. The molecule has 1 aliphatic rings. The van der Waals surface area contributed by atoms with Crippen LogP contribution in [0.5, 0.6) is 0 Å². The number of sulfonamides is 1. The van der Waals surface area contributed by atoms with Crippen molar-refractivity contribution >= 4 is 16.0 Å². The molecule has 1 fully saturated rings. The SMILES string of the molecule is CN=C(NCCc1c(C)nn(C)c1C)N1CCN(S(=O)(=O)Cc2ccon2)CC1. The zero-order valence-corrected chi connectivity index (χ0v) is 18.2. The topological polar surface area (TPSA) is 109 Å². The second-order valence-electron chi connectivity index (χ2n) is 7.13. The number of nitrogens with one attached hydrogen (secondary N) is 1. The zero-order chi connectivity index (χ0) is 21.0. The van der Waals surface area contributed by atoms with E-state index in [4.69, 9.17) is 4.52 Å². The lowest BCUT2D eigenvalue weighted by Crippen LogP contribution is -2.54. The van der Waals surface area contributed by atoms with Crippen LogP contribution in [0.25, 0.3) is 0 Å². The van der Waals surface area contributed by atoms with E-state index in [1.807, 2.05) is 18.7 Å². The maximum atomic E-state index is 12.6. The van der Waals surface area contributed by atoms with Gasteiger partial charge in [-0.25, -0.2) is 8.42 Å². The van der Waals surface area contributed by atoms with Gasteiger partial charge in [0.2, 0.25) is 10.0 Å². The van der Waals surface area contributed by atoms with Crippen LogP contribution in [-0.4, -0.2) is 78.3 Å². The van der Waals surface area contributed by atoms with Gasteiger partial charge in [0.25, 0.3) is 0 Å².